The SMILES string of the molecule is CCCNc1cc(NCC(COC)OC)ccn1. The highest BCUT2D eigenvalue weighted by atomic mass is 16.5. The Morgan fingerprint density at radius 2 is 2.17 bits per heavy atom. The van der Waals surface area contributed by atoms with E-state index in [4.69, 9.17) is 9.47 Å². The van der Waals surface area contributed by atoms with Gasteiger partial charge in [0.1, 0.15) is 5.82 Å². The molecule has 0 radical (unpaired) electrons. The van der Waals surface area contributed by atoms with Gasteiger partial charge in [-0.05, 0) is 12.5 Å². The topological polar surface area (TPSA) is 55.4 Å². The van der Waals surface area contributed by atoms with Crippen molar-refractivity contribution in [1.82, 2.24) is 4.98 Å². The smallest absolute Gasteiger partial charge is 0.127 e. The number of methoxy groups -OCH3 is 2. The molecule has 5 nitrogen and oxygen atoms in total. The first-order chi connectivity index (χ1) is 8.80. The molecule has 5 heteroatoms. The van der Waals surface area contributed by atoms with Gasteiger partial charge in [0.05, 0.1) is 12.7 Å². The summed E-state index contributed by atoms with van der Waals surface area (Å²) in [7, 11) is 3.36. The van der Waals surface area contributed by atoms with Gasteiger partial charge in [0.2, 0.25) is 0 Å². The van der Waals surface area contributed by atoms with E-state index < -0.39 is 0 Å². The first-order valence-corrected chi connectivity index (χ1v) is 6.25. The normalized spacial score (nSPS) is 12.2. The zero-order valence-electron chi connectivity index (χ0n) is 11.4. The summed E-state index contributed by atoms with van der Waals surface area (Å²) in [6.07, 6.45) is 2.92. The highest BCUT2D eigenvalue weighted by Gasteiger charge is 2.06. The van der Waals surface area contributed by atoms with Gasteiger partial charge in [-0.3, -0.25) is 0 Å². The zero-order chi connectivity index (χ0) is 13.2. The van der Waals surface area contributed by atoms with Gasteiger partial charge in [0, 0.05) is 45.3 Å². The van der Waals surface area contributed by atoms with Crippen molar-refractivity contribution < 1.29 is 9.47 Å². The standard InChI is InChI=1S/C13H23N3O2/c1-4-6-14-13-8-11(5-7-15-13)16-9-12(18-3)10-17-2/h5,7-8,12H,4,6,9-10H2,1-3H3,(H2,14,15,16). The average molecular weight is 253 g/mol. The molecule has 0 aliphatic carbocycles. The van der Waals surface area contributed by atoms with Crippen LogP contribution in [-0.4, -0.2) is 45.0 Å². The molecule has 1 unspecified atom stereocenters. The summed E-state index contributed by atoms with van der Waals surface area (Å²) in [6.45, 7) is 4.35. The van der Waals surface area contributed by atoms with Crippen LogP contribution < -0.4 is 10.6 Å². The summed E-state index contributed by atoms with van der Waals surface area (Å²) < 4.78 is 10.4. The van der Waals surface area contributed by atoms with E-state index in [0.717, 1.165) is 24.5 Å². The lowest BCUT2D eigenvalue weighted by Gasteiger charge is -2.16. The van der Waals surface area contributed by atoms with Crippen molar-refractivity contribution in [2.24, 2.45) is 0 Å². The fourth-order valence-electron chi connectivity index (χ4n) is 1.52. The summed E-state index contributed by atoms with van der Waals surface area (Å²) in [5.41, 5.74) is 1.03. The number of aromatic nitrogens is 1. The number of pyridine rings is 1. The molecule has 18 heavy (non-hydrogen) atoms. The maximum Gasteiger partial charge on any atom is 0.127 e. The highest BCUT2D eigenvalue weighted by molar-refractivity contribution is 5.51. The molecule has 1 atom stereocenters. The second-order valence-corrected chi connectivity index (χ2v) is 4.05. The summed E-state index contributed by atoms with van der Waals surface area (Å²) in [5, 5.41) is 6.57. The minimum atomic E-state index is 0.0511. The number of ether oxygens (including phenoxy) is 2. The molecule has 0 bridgehead atoms. The molecule has 0 aromatic carbocycles. The van der Waals surface area contributed by atoms with Crippen LogP contribution in [-0.2, 0) is 9.47 Å². The Kier molecular flexibility index (Phi) is 7.13. The van der Waals surface area contributed by atoms with Crippen molar-refractivity contribution in [2.45, 2.75) is 19.4 Å². The molecule has 0 aliphatic rings. The van der Waals surface area contributed by atoms with Crippen LogP contribution in [0.5, 0.6) is 0 Å². The number of rotatable bonds is 9. The van der Waals surface area contributed by atoms with E-state index in [-0.39, 0.29) is 6.10 Å². The molecule has 0 fully saturated rings. The van der Waals surface area contributed by atoms with Crippen LogP contribution in [0.1, 0.15) is 13.3 Å². The molecule has 2 N–H and O–H groups in total. The van der Waals surface area contributed by atoms with Gasteiger partial charge in [0.25, 0.3) is 0 Å². The Labute approximate surface area is 109 Å². The predicted octanol–water partition coefficient (Wildman–Crippen LogP) is 1.98. The molecule has 0 saturated carbocycles. The second kappa shape index (κ2) is 8.72. The number of anilines is 2. The third kappa shape index (κ3) is 5.33. The molecule has 1 aromatic rings. The molecular weight excluding hydrogens is 230 g/mol. The predicted molar refractivity (Wildman–Crippen MR) is 74.2 cm³/mol. The van der Waals surface area contributed by atoms with E-state index in [1.165, 1.54) is 0 Å². The van der Waals surface area contributed by atoms with Crippen LogP contribution in [0.4, 0.5) is 11.5 Å². The van der Waals surface area contributed by atoms with Crippen LogP contribution in [0, 0.1) is 0 Å². The maximum absolute atomic E-state index is 5.29. The van der Waals surface area contributed by atoms with Crippen LogP contribution in [0.3, 0.4) is 0 Å². The zero-order valence-corrected chi connectivity index (χ0v) is 11.4. The Hall–Kier alpha value is -1.33. The number of hydrogen-bond donors (Lipinski definition) is 2. The van der Waals surface area contributed by atoms with E-state index in [1.807, 2.05) is 12.1 Å². The molecule has 1 heterocycles. The van der Waals surface area contributed by atoms with Gasteiger partial charge in [-0.15, -0.1) is 0 Å². The number of hydrogen-bond acceptors (Lipinski definition) is 5. The Balaban J connectivity index is 2.45. The van der Waals surface area contributed by atoms with Gasteiger partial charge in [-0.1, -0.05) is 6.92 Å². The Bertz CT molecular complexity index is 334. The van der Waals surface area contributed by atoms with Crippen molar-refractivity contribution in [1.29, 1.82) is 0 Å². The summed E-state index contributed by atoms with van der Waals surface area (Å²) in [4.78, 5) is 4.25. The Morgan fingerprint density at radius 3 is 2.83 bits per heavy atom. The average Bonchev–Trinajstić information content (AvgIpc) is 2.41. The molecule has 1 aromatic heterocycles. The summed E-state index contributed by atoms with van der Waals surface area (Å²) in [6, 6.07) is 3.94. The van der Waals surface area contributed by atoms with Crippen LogP contribution >= 0.6 is 0 Å². The van der Waals surface area contributed by atoms with E-state index in [9.17, 15) is 0 Å². The Morgan fingerprint density at radius 1 is 1.33 bits per heavy atom. The quantitative estimate of drug-likeness (QED) is 0.705. The van der Waals surface area contributed by atoms with Crippen molar-refractivity contribution in [2.75, 3.05) is 44.5 Å². The van der Waals surface area contributed by atoms with Gasteiger partial charge in [-0.25, -0.2) is 4.98 Å². The first-order valence-electron chi connectivity index (χ1n) is 6.25. The number of nitrogens with one attached hydrogen (secondary N) is 2. The van der Waals surface area contributed by atoms with Gasteiger partial charge >= 0.3 is 0 Å². The molecule has 0 spiro atoms. The number of nitrogens with zero attached hydrogens (tertiary/aromatic N) is 1. The molecule has 0 amide bonds. The fourth-order valence-corrected chi connectivity index (χ4v) is 1.52. The lowest BCUT2D eigenvalue weighted by Crippen LogP contribution is -2.26. The van der Waals surface area contributed by atoms with E-state index >= 15 is 0 Å². The third-order valence-corrected chi connectivity index (χ3v) is 2.54. The summed E-state index contributed by atoms with van der Waals surface area (Å²) in [5.74, 6) is 0.891. The van der Waals surface area contributed by atoms with Gasteiger partial charge in [-0.2, -0.15) is 0 Å². The van der Waals surface area contributed by atoms with Crippen molar-refractivity contribution in [3.63, 3.8) is 0 Å². The van der Waals surface area contributed by atoms with Crippen molar-refractivity contribution >= 4 is 11.5 Å². The lowest BCUT2D eigenvalue weighted by atomic mass is 10.3. The van der Waals surface area contributed by atoms with Crippen LogP contribution in [0.2, 0.25) is 0 Å². The van der Waals surface area contributed by atoms with Crippen LogP contribution in [0.15, 0.2) is 18.3 Å². The van der Waals surface area contributed by atoms with Gasteiger partial charge in [0.15, 0.2) is 0 Å². The largest absolute Gasteiger partial charge is 0.382 e. The second-order valence-electron chi connectivity index (χ2n) is 4.05. The maximum atomic E-state index is 5.29. The summed E-state index contributed by atoms with van der Waals surface area (Å²) >= 11 is 0. The van der Waals surface area contributed by atoms with Crippen LogP contribution in [0.25, 0.3) is 0 Å². The fraction of sp³-hybridized carbons (Fsp3) is 0.615. The monoisotopic (exact) mass is 253 g/mol. The van der Waals surface area contributed by atoms with Gasteiger partial charge < -0.3 is 20.1 Å². The highest BCUT2D eigenvalue weighted by Crippen LogP contribution is 2.12. The minimum Gasteiger partial charge on any atom is -0.382 e. The molecule has 0 aliphatic heterocycles. The first kappa shape index (κ1) is 14.7. The van der Waals surface area contributed by atoms with Crippen molar-refractivity contribution in [3.05, 3.63) is 18.3 Å². The molecular formula is C13H23N3O2. The molecule has 102 valence electrons. The van der Waals surface area contributed by atoms with E-state index in [0.29, 0.717) is 13.2 Å². The van der Waals surface area contributed by atoms with E-state index in [2.05, 4.69) is 22.5 Å². The van der Waals surface area contributed by atoms with Crippen molar-refractivity contribution in [3.8, 4) is 0 Å². The molecule has 0 saturated heterocycles. The lowest BCUT2D eigenvalue weighted by molar-refractivity contribution is 0.0365. The van der Waals surface area contributed by atoms with E-state index in [1.54, 1.807) is 20.4 Å². The molecule has 1 rings (SSSR count). The minimum absolute atomic E-state index is 0.0511. The third-order valence-electron chi connectivity index (χ3n) is 2.54.